The molecular formula is C30H24O6. The van der Waals surface area contributed by atoms with Crippen molar-refractivity contribution < 1.29 is 28.7 Å². The van der Waals surface area contributed by atoms with Crippen LogP contribution in [-0.2, 0) is 9.47 Å². The first kappa shape index (κ1) is 24.5. The summed E-state index contributed by atoms with van der Waals surface area (Å²) in [5.74, 6) is -2.02. The molecule has 0 spiro atoms. The number of ketones is 2. The molecule has 0 aromatic heterocycles. The minimum absolute atomic E-state index is 0.0306. The highest BCUT2D eigenvalue weighted by Gasteiger charge is 2.24. The predicted molar refractivity (Wildman–Crippen MR) is 136 cm³/mol. The molecule has 0 amide bonds. The third-order valence-corrected chi connectivity index (χ3v) is 5.66. The van der Waals surface area contributed by atoms with Crippen LogP contribution in [0.2, 0.25) is 0 Å². The normalized spacial score (nSPS) is 10.6. The number of benzene rings is 4. The van der Waals surface area contributed by atoms with Crippen LogP contribution in [0.25, 0.3) is 10.8 Å². The molecule has 0 fully saturated rings. The molecule has 4 aromatic rings. The zero-order valence-corrected chi connectivity index (χ0v) is 19.9. The largest absolute Gasteiger partial charge is 0.462 e. The molecule has 0 heterocycles. The van der Waals surface area contributed by atoms with Gasteiger partial charge in [-0.2, -0.15) is 0 Å². The number of fused-ring (bicyclic) bond motifs is 1. The van der Waals surface area contributed by atoms with Crippen LogP contribution in [-0.4, -0.2) is 36.7 Å². The number of esters is 2. The van der Waals surface area contributed by atoms with Crippen LogP contribution >= 0.6 is 0 Å². The average Bonchev–Trinajstić information content (AvgIpc) is 2.92. The van der Waals surface area contributed by atoms with E-state index in [0.29, 0.717) is 21.9 Å². The number of rotatable bonds is 8. The van der Waals surface area contributed by atoms with E-state index in [9.17, 15) is 19.2 Å². The van der Waals surface area contributed by atoms with Crippen molar-refractivity contribution in [2.75, 3.05) is 13.2 Å². The van der Waals surface area contributed by atoms with Gasteiger partial charge in [0.25, 0.3) is 0 Å². The highest BCUT2D eigenvalue weighted by atomic mass is 16.5. The molecule has 0 atom stereocenters. The van der Waals surface area contributed by atoms with E-state index >= 15 is 0 Å². The third-order valence-electron chi connectivity index (χ3n) is 5.66. The summed E-state index contributed by atoms with van der Waals surface area (Å²) in [5, 5.41) is 1.02. The molecule has 0 saturated carbocycles. The van der Waals surface area contributed by atoms with E-state index in [4.69, 9.17) is 9.47 Å². The summed E-state index contributed by atoms with van der Waals surface area (Å²) < 4.78 is 10.3. The van der Waals surface area contributed by atoms with Crippen molar-refractivity contribution in [3.05, 3.63) is 118 Å². The summed E-state index contributed by atoms with van der Waals surface area (Å²) in [6.45, 7) is 3.59. The Morgan fingerprint density at radius 3 is 1.19 bits per heavy atom. The van der Waals surface area contributed by atoms with Crippen molar-refractivity contribution in [3.63, 3.8) is 0 Å². The summed E-state index contributed by atoms with van der Waals surface area (Å²) in [4.78, 5) is 52.4. The maximum absolute atomic E-state index is 13.5. The third kappa shape index (κ3) is 4.93. The molecule has 36 heavy (non-hydrogen) atoms. The lowest BCUT2D eigenvalue weighted by Crippen LogP contribution is -2.15. The van der Waals surface area contributed by atoms with E-state index in [1.807, 2.05) is 0 Å². The van der Waals surface area contributed by atoms with E-state index in [1.165, 1.54) is 12.1 Å². The van der Waals surface area contributed by atoms with Crippen LogP contribution in [0, 0.1) is 0 Å². The second-order valence-corrected chi connectivity index (χ2v) is 7.97. The molecular weight excluding hydrogens is 456 g/mol. The van der Waals surface area contributed by atoms with Crippen LogP contribution < -0.4 is 0 Å². The van der Waals surface area contributed by atoms with Crippen LogP contribution in [0.4, 0.5) is 0 Å². The van der Waals surface area contributed by atoms with Crippen LogP contribution in [0.15, 0.2) is 84.9 Å². The van der Waals surface area contributed by atoms with Gasteiger partial charge >= 0.3 is 11.9 Å². The van der Waals surface area contributed by atoms with Crippen molar-refractivity contribution in [1.29, 1.82) is 0 Å². The standard InChI is InChI=1S/C30H24O6/c1-3-35-29(33)25-17-21-15-23(27(31)19-11-7-5-8-12-19)24(28(32)20-13-9-6-10-14-20)16-22(21)18-26(25)30(34)36-4-2/h5-18H,3-4H2,1-2H3. The predicted octanol–water partition coefficient (Wildman–Crippen LogP) is 5.66. The highest BCUT2D eigenvalue weighted by Crippen LogP contribution is 2.28. The number of carbonyl (C=O) groups is 4. The van der Waals surface area contributed by atoms with Gasteiger partial charge in [0.1, 0.15) is 0 Å². The molecule has 0 unspecified atom stereocenters. The Bertz CT molecular complexity index is 1340. The molecule has 6 nitrogen and oxygen atoms in total. The smallest absolute Gasteiger partial charge is 0.339 e. The summed E-state index contributed by atoms with van der Waals surface area (Å²) in [7, 11) is 0. The second-order valence-electron chi connectivity index (χ2n) is 7.97. The highest BCUT2D eigenvalue weighted by molar-refractivity contribution is 6.22. The second kappa shape index (κ2) is 10.8. The fourth-order valence-electron chi connectivity index (χ4n) is 3.97. The van der Waals surface area contributed by atoms with Gasteiger partial charge in [-0.25, -0.2) is 9.59 Å². The fraction of sp³-hybridized carbons (Fsp3) is 0.133. The lowest BCUT2D eigenvalue weighted by atomic mass is 9.89. The lowest BCUT2D eigenvalue weighted by Gasteiger charge is -2.14. The van der Waals surface area contributed by atoms with Crippen LogP contribution in [0.3, 0.4) is 0 Å². The topological polar surface area (TPSA) is 86.7 Å². The molecule has 0 aliphatic heterocycles. The molecule has 180 valence electrons. The number of carbonyl (C=O) groups excluding carboxylic acids is 4. The van der Waals surface area contributed by atoms with Gasteiger partial charge in [-0.05, 0) is 48.9 Å². The summed E-state index contributed by atoms with van der Waals surface area (Å²) >= 11 is 0. The SMILES string of the molecule is CCOC(=O)c1cc2cc(C(=O)c3ccccc3)c(C(=O)c3ccccc3)cc2cc1C(=O)OCC. The lowest BCUT2D eigenvalue weighted by molar-refractivity contribution is 0.0479. The zero-order valence-electron chi connectivity index (χ0n) is 19.9. The van der Waals surface area contributed by atoms with Gasteiger partial charge in [-0.1, -0.05) is 60.7 Å². The molecule has 4 aromatic carbocycles. The van der Waals surface area contributed by atoms with E-state index in [2.05, 4.69) is 0 Å². The van der Waals surface area contributed by atoms with Crippen molar-refractivity contribution in [1.82, 2.24) is 0 Å². The Labute approximate surface area is 208 Å². The van der Waals surface area contributed by atoms with Gasteiger partial charge in [0.05, 0.1) is 24.3 Å². The first-order chi connectivity index (χ1) is 17.4. The zero-order chi connectivity index (χ0) is 25.7. The number of hydrogen-bond donors (Lipinski definition) is 0. The minimum atomic E-state index is -0.678. The van der Waals surface area contributed by atoms with Gasteiger partial charge < -0.3 is 9.47 Å². The molecule has 0 radical (unpaired) electrons. The van der Waals surface area contributed by atoms with Gasteiger partial charge in [-0.3, -0.25) is 9.59 Å². The van der Waals surface area contributed by atoms with Crippen LogP contribution in [0.1, 0.15) is 66.4 Å². The summed E-state index contributed by atoms with van der Waals surface area (Å²) in [6, 6.07) is 23.5. The van der Waals surface area contributed by atoms with Crippen molar-refractivity contribution in [2.45, 2.75) is 13.8 Å². The van der Waals surface area contributed by atoms with E-state index in [-0.39, 0.29) is 47.0 Å². The molecule has 0 saturated heterocycles. The molecule has 4 rings (SSSR count). The molecule has 6 heteroatoms. The van der Waals surface area contributed by atoms with Gasteiger partial charge in [0.2, 0.25) is 0 Å². The molecule has 0 N–H and O–H groups in total. The fourth-order valence-corrected chi connectivity index (χ4v) is 3.97. The first-order valence-corrected chi connectivity index (χ1v) is 11.6. The van der Waals surface area contributed by atoms with Gasteiger partial charge in [-0.15, -0.1) is 0 Å². The quantitative estimate of drug-likeness (QED) is 0.239. The molecule has 0 aliphatic rings. The van der Waals surface area contributed by atoms with E-state index in [0.717, 1.165) is 0 Å². The average molecular weight is 481 g/mol. The summed E-state index contributed by atoms with van der Waals surface area (Å²) in [5.41, 5.74) is 1.30. The van der Waals surface area contributed by atoms with Gasteiger partial charge in [0, 0.05) is 22.3 Å². The minimum Gasteiger partial charge on any atom is -0.462 e. The Morgan fingerprint density at radius 1 is 0.528 bits per heavy atom. The van der Waals surface area contributed by atoms with Crippen molar-refractivity contribution >= 4 is 34.3 Å². The van der Waals surface area contributed by atoms with E-state index in [1.54, 1.807) is 86.6 Å². The summed E-state index contributed by atoms with van der Waals surface area (Å²) in [6.07, 6.45) is 0. The molecule has 0 aliphatic carbocycles. The van der Waals surface area contributed by atoms with Crippen molar-refractivity contribution in [2.24, 2.45) is 0 Å². The van der Waals surface area contributed by atoms with Crippen LogP contribution in [0.5, 0.6) is 0 Å². The maximum atomic E-state index is 13.5. The molecule has 0 bridgehead atoms. The number of hydrogen-bond acceptors (Lipinski definition) is 6. The Hall–Kier alpha value is -4.58. The van der Waals surface area contributed by atoms with Gasteiger partial charge in [0.15, 0.2) is 11.6 Å². The monoisotopic (exact) mass is 480 g/mol. The Balaban J connectivity index is 1.98. The number of ether oxygens (including phenoxy) is 2. The maximum Gasteiger partial charge on any atom is 0.339 e. The Kier molecular flexibility index (Phi) is 7.35. The van der Waals surface area contributed by atoms with E-state index < -0.39 is 11.9 Å². The van der Waals surface area contributed by atoms with Crippen molar-refractivity contribution in [3.8, 4) is 0 Å². The Morgan fingerprint density at radius 2 is 0.861 bits per heavy atom. The first-order valence-electron chi connectivity index (χ1n) is 11.6.